The number of ether oxygens (including phenoxy) is 1. The Hall–Kier alpha value is -2.10. The topological polar surface area (TPSA) is 46.6 Å². The van der Waals surface area contributed by atoms with E-state index < -0.39 is 0 Å². The Balaban J connectivity index is 2.59. The van der Waals surface area contributed by atoms with Gasteiger partial charge in [0, 0.05) is 19.2 Å². The van der Waals surface area contributed by atoms with Crippen LogP contribution in [0.4, 0.5) is 0 Å². The molecule has 0 aliphatic rings. The molecule has 0 aromatic heterocycles. The van der Waals surface area contributed by atoms with E-state index in [1.54, 1.807) is 17.1 Å². The summed E-state index contributed by atoms with van der Waals surface area (Å²) in [4.78, 5) is 24.9. The Morgan fingerprint density at radius 2 is 1.90 bits per heavy atom. The van der Waals surface area contributed by atoms with Crippen molar-refractivity contribution in [2.45, 2.75) is 19.8 Å². The second kappa shape index (κ2) is 8.91. The maximum absolute atomic E-state index is 12.1. The van der Waals surface area contributed by atoms with Crippen LogP contribution in [-0.4, -0.2) is 37.0 Å². The van der Waals surface area contributed by atoms with Gasteiger partial charge in [-0.1, -0.05) is 37.3 Å². The van der Waals surface area contributed by atoms with Crippen molar-refractivity contribution in [1.29, 1.82) is 0 Å². The number of esters is 1. The molecular weight excluding hydrogens is 254 g/mol. The Morgan fingerprint density at radius 3 is 2.50 bits per heavy atom. The molecule has 0 saturated heterocycles. The third-order valence-electron chi connectivity index (χ3n) is 2.84. The Kier molecular flexibility index (Phi) is 7.11. The van der Waals surface area contributed by atoms with E-state index in [9.17, 15) is 9.59 Å². The summed E-state index contributed by atoms with van der Waals surface area (Å²) in [6, 6.07) is 9.64. The second-order valence-electron chi connectivity index (χ2n) is 4.40. The molecule has 0 unspecified atom stereocenters. The van der Waals surface area contributed by atoms with Gasteiger partial charge in [-0.3, -0.25) is 9.59 Å². The van der Waals surface area contributed by atoms with Crippen LogP contribution in [0, 0.1) is 0 Å². The minimum absolute atomic E-state index is 0.0837. The summed E-state index contributed by atoms with van der Waals surface area (Å²) in [5, 5.41) is 0. The summed E-state index contributed by atoms with van der Waals surface area (Å²) in [7, 11) is 1.35. The van der Waals surface area contributed by atoms with Crippen molar-refractivity contribution in [2.24, 2.45) is 0 Å². The van der Waals surface area contributed by atoms with Crippen molar-refractivity contribution in [3.05, 3.63) is 42.0 Å². The maximum atomic E-state index is 12.1. The quantitative estimate of drug-likeness (QED) is 0.567. The van der Waals surface area contributed by atoms with Crippen LogP contribution in [-0.2, 0) is 14.3 Å². The second-order valence-corrected chi connectivity index (χ2v) is 4.40. The average Bonchev–Trinajstić information content (AvgIpc) is 2.49. The van der Waals surface area contributed by atoms with Gasteiger partial charge in [-0.15, -0.1) is 0 Å². The first-order valence-electron chi connectivity index (χ1n) is 6.76. The molecule has 0 radical (unpaired) electrons. The van der Waals surface area contributed by atoms with Gasteiger partial charge in [-0.05, 0) is 18.1 Å². The van der Waals surface area contributed by atoms with Gasteiger partial charge in [0.15, 0.2) is 0 Å². The summed E-state index contributed by atoms with van der Waals surface area (Å²) in [6.45, 7) is 3.02. The number of hydrogen-bond acceptors (Lipinski definition) is 3. The van der Waals surface area contributed by atoms with Crippen LogP contribution in [0.3, 0.4) is 0 Å². The molecule has 20 heavy (non-hydrogen) atoms. The molecule has 0 aliphatic heterocycles. The lowest BCUT2D eigenvalue weighted by atomic mass is 10.2. The van der Waals surface area contributed by atoms with Crippen LogP contribution in [0.25, 0.3) is 6.08 Å². The van der Waals surface area contributed by atoms with Crippen molar-refractivity contribution >= 4 is 18.0 Å². The average molecular weight is 275 g/mol. The van der Waals surface area contributed by atoms with Crippen LogP contribution < -0.4 is 0 Å². The zero-order valence-corrected chi connectivity index (χ0v) is 12.0. The standard InChI is InChI=1S/C16H21NO3/c1-3-12-17(13-11-16(19)20-2)15(18)10-9-14-7-5-4-6-8-14/h4-10H,3,11-13H2,1-2H3/b10-9+. The largest absolute Gasteiger partial charge is 0.469 e. The fourth-order valence-electron chi connectivity index (χ4n) is 1.77. The van der Waals surface area contributed by atoms with Gasteiger partial charge in [0.25, 0.3) is 0 Å². The molecular formula is C16H21NO3. The Morgan fingerprint density at radius 1 is 1.20 bits per heavy atom. The van der Waals surface area contributed by atoms with Gasteiger partial charge in [0.05, 0.1) is 13.5 Å². The van der Waals surface area contributed by atoms with Gasteiger partial charge < -0.3 is 9.64 Å². The molecule has 1 rings (SSSR count). The third kappa shape index (κ3) is 5.69. The summed E-state index contributed by atoms with van der Waals surface area (Å²) in [5.74, 6) is -0.384. The highest BCUT2D eigenvalue weighted by Gasteiger charge is 2.11. The lowest BCUT2D eigenvalue weighted by molar-refractivity contribution is -0.141. The normalized spacial score (nSPS) is 10.5. The third-order valence-corrected chi connectivity index (χ3v) is 2.84. The molecule has 0 fully saturated rings. The molecule has 1 aromatic rings. The molecule has 0 N–H and O–H groups in total. The zero-order chi connectivity index (χ0) is 14.8. The first-order valence-corrected chi connectivity index (χ1v) is 6.76. The maximum Gasteiger partial charge on any atom is 0.307 e. The number of methoxy groups -OCH3 is 1. The predicted molar refractivity (Wildman–Crippen MR) is 79.0 cm³/mol. The lowest BCUT2D eigenvalue weighted by Crippen LogP contribution is -2.32. The summed E-state index contributed by atoms with van der Waals surface area (Å²) in [6.07, 6.45) is 4.40. The number of nitrogens with zero attached hydrogens (tertiary/aromatic N) is 1. The summed E-state index contributed by atoms with van der Waals surface area (Å²) < 4.78 is 4.59. The van der Waals surface area contributed by atoms with Gasteiger partial charge >= 0.3 is 5.97 Å². The lowest BCUT2D eigenvalue weighted by Gasteiger charge is -2.19. The number of rotatable bonds is 7. The van der Waals surface area contributed by atoms with Crippen molar-refractivity contribution in [1.82, 2.24) is 4.90 Å². The number of benzene rings is 1. The minimum Gasteiger partial charge on any atom is -0.469 e. The number of hydrogen-bond donors (Lipinski definition) is 0. The van der Waals surface area contributed by atoms with Gasteiger partial charge in [-0.25, -0.2) is 0 Å². The highest BCUT2D eigenvalue weighted by molar-refractivity contribution is 5.92. The van der Waals surface area contributed by atoms with E-state index >= 15 is 0 Å². The fraction of sp³-hybridized carbons (Fsp3) is 0.375. The highest BCUT2D eigenvalue weighted by Crippen LogP contribution is 2.03. The molecule has 0 bridgehead atoms. The van der Waals surface area contributed by atoms with Gasteiger partial charge in [0.1, 0.15) is 0 Å². The molecule has 4 heteroatoms. The number of carbonyl (C=O) groups is 2. The number of carbonyl (C=O) groups excluding carboxylic acids is 2. The molecule has 0 heterocycles. The smallest absolute Gasteiger partial charge is 0.307 e. The van der Waals surface area contributed by atoms with Crippen LogP contribution >= 0.6 is 0 Å². The van der Waals surface area contributed by atoms with E-state index in [1.165, 1.54) is 7.11 Å². The van der Waals surface area contributed by atoms with Gasteiger partial charge in [0.2, 0.25) is 5.91 Å². The molecule has 0 aliphatic carbocycles. The fourth-order valence-corrected chi connectivity index (χ4v) is 1.77. The molecule has 108 valence electrons. The van der Waals surface area contributed by atoms with Crippen LogP contribution in [0.5, 0.6) is 0 Å². The molecule has 0 saturated carbocycles. The summed E-state index contributed by atoms with van der Waals surface area (Å²) in [5.41, 5.74) is 0.977. The van der Waals surface area contributed by atoms with E-state index in [1.807, 2.05) is 37.3 Å². The van der Waals surface area contributed by atoms with Crippen molar-refractivity contribution < 1.29 is 14.3 Å². The molecule has 0 atom stereocenters. The summed E-state index contributed by atoms with van der Waals surface area (Å²) >= 11 is 0. The molecule has 1 aromatic carbocycles. The first kappa shape index (κ1) is 16.0. The monoisotopic (exact) mass is 275 g/mol. The van der Waals surface area contributed by atoms with E-state index in [2.05, 4.69) is 4.74 Å². The first-order chi connectivity index (χ1) is 9.67. The predicted octanol–water partition coefficient (Wildman–Crippen LogP) is 2.50. The van der Waals surface area contributed by atoms with E-state index in [0.717, 1.165) is 12.0 Å². The molecule has 4 nitrogen and oxygen atoms in total. The van der Waals surface area contributed by atoms with Crippen molar-refractivity contribution in [3.8, 4) is 0 Å². The van der Waals surface area contributed by atoms with Crippen LogP contribution in [0.2, 0.25) is 0 Å². The van der Waals surface area contributed by atoms with Crippen molar-refractivity contribution in [2.75, 3.05) is 20.2 Å². The molecule has 1 amide bonds. The Labute approximate surface area is 120 Å². The van der Waals surface area contributed by atoms with E-state index in [-0.39, 0.29) is 18.3 Å². The van der Waals surface area contributed by atoms with Gasteiger partial charge in [-0.2, -0.15) is 0 Å². The van der Waals surface area contributed by atoms with Crippen molar-refractivity contribution in [3.63, 3.8) is 0 Å². The minimum atomic E-state index is -0.300. The highest BCUT2D eigenvalue weighted by atomic mass is 16.5. The Bertz CT molecular complexity index is 454. The zero-order valence-electron chi connectivity index (χ0n) is 12.0. The van der Waals surface area contributed by atoms with E-state index in [4.69, 9.17) is 0 Å². The number of amides is 1. The van der Waals surface area contributed by atoms with E-state index in [0.29, 0.717) is 13.1 Å². The molecule has 0 spiro atoms. The SMILES string of the molecule is CCCN(CCC(=O)OC)C(=O)/C=C/c1ccccc1. The van der Waals surface area contributed by atoms with Crippen LogP contribution in [0.1, 0.15) is 25.3 Å². The van der Waals surface area contributed by atoms with Crippen LogP contribution in [0.15, 0.2) is 36.4 Å².